The number of carbonyl (C=O) groups is 1. The lowest BCUT2D eigenvalue weighted by molar-refractivity contribution is -0.127. The Kier molecular flexibility index (Phi) is 4.45. The fraction of sp³-hybridized carbons (Fsp3) is 0.500. The van der Waals surface area contributed by atoms with Crippen LogP contribution in [0.4, 0.5) is 0 Å². The summed E-state index contributed by atoms with van der Waals surface area (Å²) in [5, 5.41) is -0.148. The van der Waals surface area contributed by atoms with E-state index in [2.05, 4.69) is 9.71 Å². The van der Waals surface area contributed by atoms with Crippen LogP contribution < -0.4 is 4.72 Å². The summed E-state index contributed by atoms with van der Waals surface area (Å²) in [6.45, 7) is 5.39. The number of pyridine rings is 1. The molecular weight excluding hydrogens is 252 g/mol. The molecule has 0 atom stereocenters. The third-order valence-electron chi connectivity index (χ3n) is 2.63. The molecule has 1 aromatic heterocycles. The highest BCUT2D eigenvalue weighted by Crippen LogP contribution is 2.23. The van der Waals surface area contributed by atoms with Crippen molar-refractivity contribution in [1.29, 1.82) is 0 Å². The van der Waals surface area contributed by atoms with E-state index in [1.54, 1.807) is 26.0 Å². The highest BCUT2D eigenvalue weighted by atomic mass is 32.2. The standard InChI is InChI=1S/C12H18N2O3S/c1-4-8-12(2,3)11(15)14-18(16,17)10-7-5-6-9-13-10/h5-7,9H,4,8H2,1-3H3,(H,14,15). The van der Waals surface area contributed by atoms with Crippen LogP contribution in [0.1, 0.15) is 33.6 Å². The SMILES string of the molecule is CCCC(C)(C)C(=O)NS(=O)(=O)c1ccccn1. The van der Waals surface area contributed by atoms with Crippen LogP contribution in [-0.2, 0) is 14.8 Å². The molecule has 1 N–H and O–H groups in total. The summed E-state index contributed by atoms with van der Waals surface area (Å²) in [7, 11) is -3.87. The Bertz CT molecular complexity index is 509. The lowest BCUT2D eigenvalue weighted by Crippen LogP contribution is -2.40. The number of carbonyl (C=O) groups excluding carboxylic acids is 1. The quantitative estimate of drug-likeness (QED) is 0.883. The maximum atomic E-state index is 11.9. The van der Waals surface area contributed by atoms with Gasteiger partial charge in [-0.1, -0.05) is 33.3 Å². The summed E-state index contributed by atoms with van der Waals surface area (Å²) in [5.41, 5.74) is -0.712. The predicted molar refractivity (Wildman–Crippen MR) is 68.3 cm³/mol. The largest absolute Gasteiger partial charge is 0.281 e. The maximum absolute atomic E-state index is 11.9. The molecule has 0 saturated carbocycles. The third kappa shape index (κ3) is 3.53. The molecule has 0 fully saturated rings. The number of nitrogens with zero attached hydrogens (tertiary/aromatic N) is 1. The Labute approximate surface area is 108 Å². The topological polar surface area (TPSA) is 76.1 Å². The zero-order chi connectivity index (χ0) is 13.8. The molecule has 6 heteroatoms. The van der Waals surface area contributed by atoms with E-state index in [1.807, 2.05) is 6.92 Å². The predicted octanol–water partition coefficient (Wildman–Crippen LogP) is 1.71. The second-order valence-corrected chi connectivity index (χ2v) is 6.37. The molecule has 1 amide bonds. The summed E-state index contributed by atoms with van der Waals surface area (Å²) < 4.78 is 25.9. The Morgan fingerprint density at radius 1 is 1.39 bits per heavy atom. The van der Waals surface area contributed by atoms with Gasteiger partial charge in [-0.2, -0.15) is 8.42 Å². The molecule has 0 radical (unpaired) electrons. The third-order valence-corrected chi connectivity index (χ3v) is 3.88. The molecule has 1 rings (SSSR count). The smallest absolute Gasteiger partial charge is 0.273 e. The lowest BCUT2D eigenvalue weighted by atomic mass is 9.87. The van der Waals surface area contributed by atoms with Gasteiger partial charge in [0.15, 0.2) is 5.03 Å². The molecule has 0 aliphatic rings. The Morgan fingerprint density at radius 3 is 2.56 bits per heavy atom. The summed E-state index contributed by atoms with van der Waals surface area (Å²) in [6, 6.07) is 4.52. The molecule has 100 valence electrons. The molecule has 0 aliphatic carbocycles. The van der Waals surface area contributed by atoms with Crippen molar-refractivity contribution < 1.29 is 13.2 Å². The van der Waals surface area contributed by atoms with Gasteiger partial charge in [0.2, 0.25) is 5.91 Å². The monoisotopic (exact) mass is 270 g/mol. The van der Waals surface area contributed by atoms with Gasteiger partial charge >= 0.3 is 0 Å². The van der Waals surface area contributed by atoms with Crippen molar-refractivity contribution >= 4 is 15.9 Å². The van der Waals surface area contributed by atoms with Crippen LogP contribution in [0.3, 0.4) is 0 Å². The normalized spacial score (nSPS) is 12.2. The van der Waals surface area contributed by atoms with Crippen molar-refractivity contribution in [3.05, 3.63) is 24.4 Å². The van der Waals surface area contributed by atoms with E-state index >= 15 is 0 Å². The van der Waals surface area contributed by atoms with Gasteiger partial charge in [0.1, 0.15) is 0 Å². The van der Waals surface area contributed by atoms with E-state index in [0.29, 0.717) is 6.42 Å². The first-order chi connectivity index (χ1) is 8.29. The molecule has 5 nitrogen and oxygen atoms in total. The molecular formula is C12H18N2O3S. The Hall–Kier alpha value is -1.43. The van der Waals surface area contributed by atoms with Gasteiger partial charge in [-0.05, 0) is 18.6 Å². The maximum Gasteiger partial charge on any atom is 0.281 e. The van der Waals surface area contributed by atoms with Gasteiger partial charge in [-0.3, -0.25) is 4.79 Å². The van der Waals surface area contributed by atoms with Gasteiger partial charge in [0.05, 0.1) is 0 Å². The summed E-state index contributed by atoms with van der Waals surface area (Å²) in [5.74, 6) is -0.505. The van der Waals surface area contributed by atoms with Crippen LogP contribution in [0.15, 0.2) is 29.4 Å². The lowest BCUT2D eigenvalue weighted by Gasteiger charge is -2.22. The highest BCUT2D eigenvalue weighted by Gasteiger charge is 2.30. The average molecular weight is 270 g/mol. The molecule has 0 aliphatic heterocycles. The van der Waals surface area contributed by atoms with E-state index in [1.165, 1.54) is 12.3 Å². The molecule has 0 saturated heterocycles. The van der Waals surface area contributed by atoms with E-state index in [9.17, 15) is 13.2 Å². The van der Waals surface area contributed by atoms with Gasteiger partial charge in [0.25, 0.3) is 10.0 Å². The van der Waals surface area contributed by atoms with E-state index in [-0.39, 0.29) is 5.03 Å². The summed E-state index contributed by atoms with van der Waals surface area (Å²) >= 11 is 0. The van der Waals surface area contributed by atoms with Gasteiger partial charge in [0, 0.05) is 11.6 Å². The van der Waals surface area contributed by atoms with Crippen LogP contribution in [0, 0.1) is 5.41 Å². The first-order valence-electron chi connectivity index (χ1n) is 5.78. The number of nitrogens with one attached hydrogen (secondary N) is 1. The van der Waals surface area contributed by atoms with Crippen molar-refractivity contribution in [2.45, 2.75) is 38.6 Å². The molecule has 1 aromatic rings. The van der Waals surface area contributed by atoms with Crippen LogP contribution in [0.2, 0.25) is 0 Å². The van der Waals surface area contributed by atoms with E-state index in [0.717, 1.165) is 6.42 Å². The number of aromatic nitrogens is 1. The van der Waals surface area contributed by atoms with Gasteiger partial charge in [-0.25, -0.2) is 9.71 Å². The van der Waals surface area contributed by atoms with Gasteiger partial charge in [-0.15, -0.1) is 0 Å². The van der Waals surface area contributed by atoms with E-state index in [4.69, 9.17) is 0 Å². The minimum atomic E-state index is -3.87. The number of hydrogen-bond donors (Lipinski definition) is 1. The number of amides is 1. The first kappa shape index (κ1) is 14.6. The second-order valence-electron chi connectivity index (χ2n) is 4.74. The van der Waals surface area contributed by atoms with E-state index < -0.39 is 21.3 Å². The molecule has 1 heterocycles. The fourth-order valence-corrected chi connectivity index (χ4v) is 2.64. The summed E-state index contributed by atoms with van der Waals surface area (Å²) in [6.07, 6.45) is 2.80. The zero-order valence-electron chi connectivity index (χ0n) is 10.8. The molecule has 0 aromatic carbocycles. The van der Waals surface area contributed by atoms with Gasteiger partial charge < -0.3 is 0 Å². The second kappa shape index (κ2) is 5.48. The fourth-order valence-electron chi connectivity index (χ4n) is 1.56. The summed E-state index contributed by atoms with van der Waals surface area (Å²) in [4.78, 5) is 15.7. The Morgan fingerprint density at radius 2 is 2.06 bits per heavy atom. The van der Waals surface area contributed by atoms with Crippen molar-refractivity contribution in [2.75, 3.05) is 0 Å². The molecule has 0 unspecified atom stereocenters. The molecule has 0 bridgehead atoms. The van der Waals surface area contributed by atoms with Crippen molar-refractivity contribution in [3.63, 3.8) is 0 Å². The Balaban J connectivity index is 2.88. The van der Waals surface area contributed by atoms with Crippen molar-refractivity contribution in [1.82, 2.24) is 9.71 Å². The van der Waals surface area contributed by atoms with Crippen molar-refractivity contribution in [3.8, 4) is 0 Å². The molecule has 18 heavy (non-hydrogen) atoms. The van der Waals surface area contributed by atoms with Crippen LogP contribution in [-0.4, -0.2) is 19.3 Å². The number of hydrogen-bond acceptors (Lipinski definition) is 4. The number of rotatable bonds is 5. The average Bonchev–Trinajstić information content (AvgIpc) is 2.29. The van der Waals surface area contributed by atoms with Crippen LogP contribution >= 0.6 is 0 Å². The van der Waals surface area contributed by atoms with Crippen LogP contribution in [0.25, 0.3) is 0 Å². The number of sulfonamides is 1. The van der Waals surface area contributed by atoms with Crippen molar-refractivity contribution in [2.24, 2.45) is 5.41 Å². The highest BCUT2D eigenvalue weighted by molar-refractivity contribution is 7.90. The minimum absolute atomic E-state index is 0.148. The minimum Gasteiger partial charge on any atom is -0.273 e. The molecule has 0 spiro atoms. The zero-order valence-corrected chi connectivity index (χ0v) is 11.6. The first-order valence-corrected chi connectivity index (χ1v) is 7.26. The van der Waals surface area contributed by atoms with Crippen LogP contribution in [0.5, 0.6) is 0 Å².